The molecular formula is C8H17N3O3. The first kappa shape index (κ1) is 12.9. The van der Waals surface area contributed by atoms with Crippen LogP contribution in [0.4, 0.5) is 0 Å². The predicted octanol–water partition coefficient (Wildman–Crippen LogP) is -0.215. The zero-order chi connectivity index (χ0) is 11.0. The SMILES string of the molecule is CCOC(CC(=O)NC(=N)N)OCC. The van der Waals surface area contributed by atoms with Crippen LogP contribution in [0.15, 0.2) is 0 Å². The van der Waals surface area contributed by atoms with Crippen LogP contribution in [0.3, 0.4) is 0 Å². The van der Waals surface area contributed by atoms with E-state index in [1.54, 1.807) is 0 Å². The van der Waals surface area contributed by atoms with Crippen molar-refractivity contribution in [1.82, 2.24) is 5.32 Å². The molecule has 82 valence electrons. The van der Waals surface area contributed by atoms with Crippen molar-refractivity contribution in [2.75, 3.05) is 13.2 Å². The fourth-order valence-electron chi connectivity index (χ4n) is 0.890. The number of amides is 1. The molecule has 0 spiro atoms. The highest BCUT2D eigenvalue weighted by Crippen LogP contribution is 2.00. The summed E-state index contributed by atoms with van der Waals surface area (Å²) >= 11 is 0. The van der Waals surface area contributed by atoms with Crippen LogP contribution in [0.25, 0.3) is 0 Å². The summed E-state index contributed by atoms with van der Waals surface area (Å²) in [6, 6.07) is 0. The minimum Gasteiger partial charge on any atom is -0.370 e. The summed E-state index contributed by atoms with van der Waals surface area (Å²) in [5.41, 5.74) is 4.99. The fourth-order valence-corrected chi connectivity index (χ4v) is 0.890. The predicted molar refractivity (Wildman–Crippen MR) is 51.7 cm³/mol. The fraction of sp³-hybridized carbons (Fsp3) is 0.750. The molecule has 0 aromatic rings. The van der Waals surface area contributed by atoms with Gasteiger partial charge < -0.3 is 15.2 Å². The van der Waals surface area contributed by atoms with Crippen LogP contribution < -0.4 is 11.1 Å². The van der Waals surface area contributed by atoms with E-state index < -0.39 is 6.29 Å². The van der Waals surface area contributed by atoms with Crippen LogP contribution >= 0.6 is 0 Å². The Balaban J connectivity index is 3.88. The molecule has 0 aliphatic rings. The molecule has 4 N–H and O–H groups in total. The Labute approximate surface area is 83.3 Å². The molecule has 0 rings (SSSR count). The van der Waals surface area contributed by atoms with Crippen molar-refractivity contribution in [1.29, 1.82) is 5.41 Å². The molecule has 0 saturated carbocycles. The third-order valence-corrected chi connectivity index (χ3v) is 1.33. The molecule has 0 heterocycles. The van der Waals surface area contributed by atoms with Crippen molar-refractivity contribution in [2.45, 2.75) is 26.6 Å². The molecule has 0 fully saturated rings. The number of rotatable bonds is 6. The average molecular weight is 203 g/mol. The molecule has 0 aliphatic heterocycles. The first-order valence-electron chi connectivity index (χ1n) is 4.47. The molecule has 0 bridgehead atoms. The molecule has 0 aromatic carbocycles. The molecule has 0 aliphatic carbocycles. The van der Waals surface area contributed by atoms with E-state index in [0.29, 0.717) is 13.2 Å². The molecule has 0 aromatic heterocycles. The van der Waals surface area contributed by atoms with E-state index in [1.807, 2.05) is 13.8 Å². The lowest BCUT2D eigenvalue weighted by Crippen LogP contribution is -2.38. The Morgan fingerprint density at radius 2 is 1.93 bits per heavy atom. The number of nitrogens with two attached hydrogens (primary N) is 1. The van der Waals surface area contributed by atoms with Crippen LogP contribution in [0.2, 0.25) is 0 Å². The van der Waals surface area contributed by atoms with Crippen LogP contribution in [0, 0.1) is 5.41 Å². The number of nitrogens with one attached hydrogen (secondary N) is 2. The van der Waals surface area contributed by atoms with Gasteiger partial charge in [-0.05, 0) is 13.8 Å². The van der Waals surface area contributed by atoms with Gasteiger partial charge in [0.25, 0.3) is 0 Å². The van der Waals surface area contributed by atoms with Crippen LogP contribution in [0.1, 0.15) is 20.3 Å². The summed E-state index contributed by atoms with van der Waals surface area (Å²) in [5.74, 6) is -0.758. The third kappa shape index (κ3) is 6.38. The number of ether oxygens (including phenoxy) is 2. The topological polar surface area (TPSA) is 97.4 Å². The van der Waals surface area contributed by atoms with Gasteiger partial charge in [-0.1, -0.05) is 0 Å². The average Bonchev–Trinajstić information content (AvgIpc) is 2.03. The summed E-state index contributed by atoms with van der Waals surface area (Å²) in [4.78, 5) is 11.1. The summed E-state index contributed by atoms with van der Waals surface area (Å²) in [5, 5.41) is 8.99. The lowest BCUT2D eigenvalue weighted by molar-refractivity contribution is -0.152. The molecule has 14 heavy (non-hydrogen) atoms. The van der Waals surface area contributed by atoms with E-state index >= 15 is 0 Å². The Morgan fingerprint density at radius 1 is 1.43 bits per heavy atom. The van der Waals surface area contributed by atoms with E-state index in [2.05, 4.69) is 5.32 Å². The van der Waals surface area contributed by atoms with Gasteiger partial charge in [0.15, 0.2) is 12.2 Å². The van der Waals surface area contributed by atoms with Gasteiger partial charge in [-0.3, -0.25) is 15.5 Å². The largest absolute Gasteiger partial charge is 0.370 e. The monoisotopic (exact) mass is 203 g/mol. The summed E-state index contributed by atoms with van der Waals surface area (Å²) in [6.45, 7) is 4.57. The van der Waals surface area contributed by atoms with E-state index in [1.165, 1.54) is 0 Å². The minimum absolute atomic E-state index is 0.0429. The van der Waals surface area contributed by atoms with Crippen LogP contribution in [0.5, 0.6) is 0 Å². The molecule has 6 nitrogen and oxygen atoms in total. The quantitative estimate of drug-likeness (QED) is 0.316. The highest BCUT2D eigenvalue weighted by atomic mass is 16.7. The molecular weight excluding hydrogens is 186 g/mol. The number of carbonyl (C=O) groups is 1. The van der Waals surface area contributed by atoms with Gasteiger partial charge in [0.1, 0.15) is 0 Å². The molecule has 0 radical (unpaired) electrons. The molecule has 6 heteroatoms. The number of guanidine groups is 1. The smallest absolute Gasteiger partial charge is 0.231 e. The van der Waals surface area contributed by atoms with Gasteiger partial charge >= 0.3 is 0 Å². The van der Waals surface area contributed by atoms with Crippen molar-refractivity contribution >= 4 is 11.9 Å². The molecule has 0 unspecified atom stereocenters. The van der Waals surface area contributed by atoms with E-state index in [9.17, 15) is 4.79 Å². The zero-order valence-corrected chi connectivity index (χ0v) is 8.50. The Kier molecular flexibility index (Phi) is 6.69. The number of hydrogen-bond donors (Lipinski definition) is 3. The first-order chi connectivity index (χ1) is 6.60. The summed E-state index contributed by atoms with van der Waals surface area (Å²) in [6.07, 6.45) is -0.523. The third-order valence-electron chi connectivity index (χ3n) is 1.33. The normalized spacial score (nSPS) is 10.2. The molecule has 0 atom stereocenters. The van der Waals surface area contributed by atoms with Crippen molar-refractivity contribution < 1.29 is 14.3 Å². The highest BCUT2D eigenvalue weighted by molar-refractivity contribution is 5.94. The van der Waals surface area contributed by atoms with Crippen LogP contribution in [-0.4, -0.2) is 31.4 Å². The second kappa shape index (κ2) is 7.28. The first-order valence-corrected chi connectivity index (χ1v) is 4.47. The molecule has 1 amide bonds. The maximum absolute atomic E-state index is 11.1. The lowest BCUT2D eigenvalue weighted by atomic mass is 10.4. The van der Waals surface area contributed by atoms with Crippen molar-refractivity contribution in [2.24, 2.45) is 5.73 Å². The summed E-state index contributed by atoms with van der Waals surface area (Å²) in [7, 11) is 0. The molecule has 0 saturated heterocycles. The Bertz CT molecular complexity index is 190. The number of hydrogen-bond acceptors (Lipinski definition) is 4. The van der Waals surface area contributed by atoms with Crippen molar-refractivity contribution in [3.8, 4) is 0 Å². The highest BCUT2D eigenvalue weighted by Gasteiger charge is 2.13. The lowest BCUT2D eigenvalue weighted by Gasteiger charge is -2.15. The van der Waals surface area contributed by atoms with Gasteiger partial charge in [-0.2, -0.15) is 0 Å². The maximum Gasteiger partial charge on any atom is 0.231 e. The van der Waals surface area contributed by atoms with Gasteiger partial charge in [0, 0.05) is 13.2 Å². The van der Waals surface area contributed by atoms with Crippen molar-refractivity contribution in [3.63, 3.8) is 0 Å². The second-order valence-electron chi connectivity index (χ2n) is 2.51. The van der Waals surface area contributed by atoms with Gasteiger partial charge in [-0.15, -0.1) is 0 Å². The van der Waals surface area contributed by atoms with Gasteiger partial charge in [0.2, 0.25) is 5.91 Å². The van der Waals surface area contributed by atoms with Crippen LogP contribution in [-0.2, 0) is 14.3 Å². The van der Waals surface area contributed by atoms with E-state index in [0.717, 1.165) is 0 Å². The van der Waals surface area contributed by atoms with Gasteiger partial charge in [-0.25, -0.2) is 0 Å². The maximum atomic E-state index is 11.1. The van der Waals surface area contributed by atoms with Gasteiger partial charge in [0.05, 0.1) is 6.42 Å². The van der Waals surface area contributed by atoms with E-state index in [4.69, 9.17) is 20.6 Å². The second-order valence-corrected chi connectivity index (χ2v) is 2.51. The summed E-state index contributed by atoms with van der Waals surface area (Å²) < 4.78 is 10.3. The zero-order valence-electron chi connectivity index (χ0n) is 8.50. The number of carbonyl (C=O) groups excluding carboxylic acids is 1. The minimum atomic E-state index is -0.565. The Hall–Kier alpha value is -1.14. The van der Waals surface area contributed by atoms with Crippen molar-refractivity contribution in [3.05, 3.63) is 0 Å². The van der Waals surface area contributed by atoms with E-state index in [-0.39, 0.29) is 18.3 Å². The Morgan fingerprint density at radius 3 is 2.29 bits per heavy atom. The standard InChI is InChI=1S/C8H17N3O3/c1-3-13-7(14-4-2)5-6(12)11-8(9)10/h7H,3-5H2,1-2H3,(H4,9,10,11,12).